The molecule has 0 saturated carbocycles. The predicted octanol–water partition coefficient (Wildman–Crippen LogP) is 3.60. The van der Waals surface area contributed by atoms with E-state index in [1.54, 1.807) is 28.0 Å². The number of nitro benzene ring substituents is 1. The molecule has 25 heavy (non-hydrogen) atoms. The van der Waals surface area contributed by atoms with E-state index in [1.807, 2.05) is 6.92 Å². The van der Waals surface area contributed by atoms with E-state index >= 15 is 0 Å². The minimum atomic E-state index is -0.421. The number of hydrogen-bond donors (Lipinski definition) is 0. The summed E-state index contributed by atoms with van der Waals surface area (Å²) in [7, 11) is 0. The van der Waals surface area contributed by atoms with Crippen molar-refractivity contribution in [3.05, 3.63) is 66.6 Å². The molecule has 0 atom stereocenters. The molecule has 0 spiro atoms. The third kappa shape index (κ3) is 2.74. The Balaban J connectivity index is 1.83. The number of fused-ring (bicyclic) bond motifs is 3. The molecule has 0 unspecified atom stereocenters. The summed E-state index contributed by atoms with van der Waals surface area (Å²) in [6, 6.07) is 6.41. The standard InChI is InChI=1S/C18H17N3O3S/c1-11-19-17-16(14-7-2-3-8-15(14)25-17)18(22)20(11)10-12-5-4-6-13(9-12)21(23)24/h4-6,9H,2-3,7-8,10H2,1H3. The number of aryl methyl sites for hydroxylation is 3. The van der Waals surface area contributed by atoms with Crippen LogP contribution in [0.25, 0.3) is 10.2 Å². The largest absolute Gasteiger partial charge is 0.292 e. The quantitative estimate of drug-likeness (QED) is 0.531. The SMILES string of the molecule is Cc1nc2sc3c(c2c(=O)n1Cc1cccc([N+](=O)[O-])c1)CCCC3. The van der Waals surface area contributed by atoms with Gasteiger partial charge in [0.15, 0.2) is 0 Å². The van der Waals surface area contributed by atoms with Crippen LogP contribution in [-0.4, -0.2) is 14.5 Å². The van der Waals surface area contributed by atoms with Gasteiger partial charge in [-0.05, 0) is 43.7 Å². The molecule has 2 aromatic heterocycles. The van der Waals surface area contributed by atoms with E-state index in [0.29, 0.717) is 12.4 Å². The highest BCUT2D eigenvalue weighted by molar-refractivity contribution is 7.18. The van der Waals surface area contributed by atoms with Crippen LogP contribution < -0.4 is 5.56 Å². The molecule has 4 rings (SSSR count). The molecule has 0 bridgehead atoms. The van der Waals surface area contributed by atoms with Crippen LogP contribution in [0.15, 0.2) is 29.1 Å². The fourth-order valence-electron chi connectivity index (χ4n) is 3.48. The molecular weight excluding hydrogens is 338 g/mol. The van der Waals surface area contributed by atoms with Gasteiger partial charge in [0.05, 0.1) is 16.9 Å². The van der Waals surface area contributed by atoms with Gasteiger partial charge in [-0.2, -0.15) is 0 Å². The Bertz CT molecular complexity index is 1050. The average molecular weight is 355 g/mol. The molecule has 128 valence electrons. The highest BCUT2D eigenvalue weighted by atomic mass is 32.1. The van der Waals surface area contributed by atoms with Crippen LogP contribution in [0.1, 0.15) is 34.7 Å². The Morgan fingerprint density at radius 2 is 2.12 bits per heavy atom. The van der Waals surface area contributed by atoms with E-state index in [2.05, 4.69) is 4.98 Å². The molecule has 2 heterocycles. The summed E-state index contributed by atoms with van der Waals surface area (Å²) in [5, 5.41) is 11.7. The van der Waals surface area contributed by atoms with Crippen molar-refractivity contribution in [3.63, 3.8) is 0 Å². The molecule has 0 amide bonds. The van der Waals surface area contributed by atoms with E-state index in [-0.39, 0.29) is 11.2 Å². The van der Waals surface area contributed by atoms with E-state index in [0.717, 1.165) is 40.6 Å². The second kappa shape index (κ2) is 6.07. The summed E-state index contributed by atoms with van der Waals surface area (Å²) in [5.74, 6) is 0.641. The lowest BCUT2D eigenvalue weighted by atomic mass is 9.97. The molecule has 6 nitrogen and oxygen atoms in total. The molecule has 1 aromatic carbocycles. The first-order valence-corrected chi connectivity index (χ1v) is 9.11. The van der Waals surface area contributed by atoms with E-state index in [4.69, 9.17) is 0 Å². The number of non-ortho nitro benzene ring substituents is 1. The number of aromatic nitrogens is 2. The van der Waals surface area contributed by atoms with Gasteiger partial charge >= 0.3 is 0 Å². The van der Waals surface area contributed by atoms with Crippen molar-refractivity contribution in [1.82, 2.24) is 9.55 Å². The fraction of sp³-hybridized carbons (Fsp3) is 0.333. The van der Waals surface area contributed by atoms with Crippen molar-refractivity contribution in [2.24, 2.45) is 0 Å². The molecule has 0 fully saturated rings. The number of nitro groups is 1. The normalized spacial score (nSPS) is 13.8. The second-order valence-electron chi connectivity index (χ2n) is 6.37. The van der Waals surface area contributed by atoms with Crippen molar-refractivity contribution in [2.45, 2.75) is 39.2 Å². The van der Waals surface area contributed by atoms with Crippen LogP contribution in [-0.2, 0) is 19.4 Å². The molecule has 0 saturated heterocycles. The number of benzene rings is 1. The van der Waals surface area contributed by atoms with Crippen LogP contribution in [0.4, 0.5) is 5.69 Å². The third-order valence-electron chi connectivity index (χ3n) is 4.73. The van der Waals surface area contributed by atoms with Crippen molar-refractivity contribution >= 4 is 27.2 Å². The molecule has 0 N–H and O–H groups in total. The van der Waals surface area contributed by atoms with Crippen molar-refractivity contribution in [1.29, 1.82) is 0 Å². The third-order valence-corrected chi connectivity index (χ3v) is 5.91. The van der Waals surface area contributed by atoms with Crippen LogP contribution >= 0.6 is 11.3 Å². The second-order valence-corrected chi connectivity index (χ2v) is 7.45. The van der Waals surface area contributed by atoms with Gasteiger partial charge in [-0.3, -0.25) is 19.5 Å². The Labute approximate surface area is 147 Å². The van der Waals surface area contributed by atoms with Crippen molar-refractivity contribution < 1.29 is 4.92 Å². The fourth-order valence-corrected chi connectivity index (χ4v) is 4.77. The average Bonchev–Trinajstić information content (AvgIpc) is 2.97. The number of thiophene rings is 1. The van der Waals surface area contributed by atoms with Crippen LogP contribution in [0.5, 0.6) is 0 Å². The van der Waals surface area contributed by atoms with Crippen molar-refractivity contribution in [3.8, 4) is 0 Å². The number of nitrogens with zero attached hydrogens (tertiary/aromatic N) is 3. The molecule has 3 aromatic rings. The maximum Gasteiger partial charge on any atom is 0.269 e. The zero-order valence-electron chi connectivity index (χ0n) is 13.8. The topological polar surface area (TPSA) is 78.0 Å². The molecule has 1 aliphatic carbocycles. The van der Waals surface area contributed by atoms with E-state index < -0.39 is 4.92 Å². The number of hydrogen-bond acceptors (Lipinski definition) is 5. The van der Waals surface area contributed by atoms with Gasteiger partial charge in [0, 0.05) is 17.0 Å². The summed E-state index contributed by atoms with van der Waals surface area (Å²) in [4.78, 5) is 30.4. The summed E-state index contributed by atoms with van der Waals surface area (Å²) < 4.78 is 1.63. The van der Waals surface area contributed by atoms with Crippen LogP contribution in [0.3, 0.4) is 0 Å². The van der Waals surface area contributed by atoms with Gasteiger partial charge in [0.25, 0.3) is 11.2 Å². The lowest BCUT2D eigenvalue weighted by Crippen LogP contribution is -2.24. The zero-order valence-corrected chi connectivity index (χ0v) is 14.6. The summed E-state index contributed by atoms with van der Waals surface area (Å²) in [6.07, 6.45) is 4.24. The minimum absolute atomic E-state index is 0.0325. The Morgan fingerprint density at radius 3 is 2.92 bits per heavy atom. The monoisotopic (exact) mass is 355 g/mol. The van der Waals surface area contributed by atoms with Crippen LogP contribution in [0.2, 0.25) is 0 Å². The zero-order chi connectivity index (χ0) is 17.6. The predicted molar refractivity (Wildman–Crippen MR) is 97.5 cm³/mol. The maximum atomic E-state index is 13.1. The first kappa shape index (κ1) is 16.0. The summed E-state index contributed by atoms with van der Waals surface area (Å²) in [5.41, 5.74) is 1.89. The molecule has 0 radical (unpaired) electrons. The Kier molecular flexibility index (Phi) is 3.88. The van der Waals surface area contributed by atoms with Crippen molar-refractivity contribution in [2.75, 3.05) is 0 Å². The molecule has 0 aliphatic heterocycles. The highest BCUT2D eigenvalue weighted by Gasteiger charge is 2.21. The maximum absolute atomic E-state index is 13.1. The van der Waals surface area contributed by atoms with Crippen LogP contribution in [0, 0.1) is 17.0 Å². The number of rotatable bonds is 3. The molecular formula is C18H17N3O3S. The molecule has 7 heteroatoms. The van der Waals surface area contributed by atoms with E-state index in [1.165, 1.54) is 23.4 Å². The summed E-state index contributed by atoms with van der Waals surface area (Å²) in [6.45, 7) is 2.11. The smallest absolute Gasteiger partial charge is 0.269 e. The molecule has 1 aliphatic rings. The first-order valence-electron chi connectivity index (χ1n) is 8.29. The summed E-state index contributed by atoms with van der Waals surface area (Å²) >= 11 is 1.64. The minimum Gasteiger partial charge on any atom is -0.292 e. The highest BCUT2D eigenvalue weighted by Crippen LogP contribution is 2.33. The van der Waals surface area contributed by atoms with Gasteiger partial charge in [-0.25, -0.2) is 4.98 Å². The van der Waals surface area contributed by atoms with Gasteiger partial charge in [0.2, 0.25) is 0 Å². The van der Waals surface area contributed by atoms with Gasteiger partial charge in [-0.1, -0.05) is 12.1 Å². The lowest BCUT2D eigenvalue weighted by molar-refractivity contribution is -0.384. The first-order chi connectivity index (χ1) is 12.0. The lowest BCUT2D eigenvalue weighted by Gasteiger charge is -2.12. The van der Waals surface area contributed by atoms with Gasteiger partial charge in [0.1, 0.15) is 10.7 Å². The van der Waals surface area contributed by atoms with Gasteiger partial charge in [-0.15, -0.1) is 11.3 Å². The Morgan fingerprint density at radius 1 is 1.32 bits per heavy atom. The van der Waals surface area contributed by atoms with Gasteiger partial charge < -0.3 is 0 Å². The Hall–Kier alpha value is -2.54. The van der Waals surface area contributed by atoms with E-state index in [9.17, 15) is 14.9 Å².